The average molecular weight is 285 g/mol. The van der Waals surface area contributed by atoms with E-state index >= 15 is 0 Å². The van der Waals surface area contributed by atoms with Gasteiger partial charge >= 0.3 is 0 Å². The van der Waals surface area contributed by atoms with Gasteiger partial charge in [0.2, 0.25) is 0 Å². The van der Waals surface area contributed by atoms with Crippen LogP contribution in [0.4, 0.5) is 23.2 Å². The minimum absolute atomic E-state index is 0.0114. The summed E-state index contributed by atoms with van der Waals surface area (Å²) in [6.45, 7) is -0.291. The number of rotatable bonds is 4. The van der Waals surface area contributed by atoms with Crippen molar-refractivity contribution in [3.05, 3.63) is 65.2 Å². The van der Waals surface area contributed by atoms with E-state index in [9.17, 15) is 22.7 Å². The van der Waals surface area contributed by atoms with E-state index < -0.39 is 35.1 Å². The van der Waals surface area contributed by atoms with Crippen molar-refractivity contribution in [1.82, 2.24) is 0 Å². The second-order valence-electron chi connectivity index (χ2n) is 4.17. The van der Waals surface area contributed by atoms with Crippen molar-refractivity contribution in [3.8, 4) is 0 Å². The standard InChI is InChI=1S/C14H11F4NO/c15-8-5-11(17)14(18)12(6-8)19-7-13(20)9-3-1-2-4-10(9)16/h1-6,13,19-20H,7H2. The summed E-state index contributed by atoms with van der Waals surface area (Å²) in [7, 11) is 0. The van der Waals surface area contributed by atoms with E-state index in [1.54, 1.807) is 0 Å². The molecular formula is C14H11F4NO. The Labute approximate surface area is 112 Å². The van der Waals surface area contributed by atoms with Gasteiger partial charge in [-0.05, 0) is 6.07 Å². The number of aliphatic hydroxyl groups excluding tert-OH is 1. The van der Waals surface area contributed by atoms with Crippen LogP contribution in [0.2, 0.25) is 0 Å². The van der Waals surface area contributed by atoms with Crippen LogP contribution < -0.4 is 5.32 Å². The number of hydrogen-bond donors (Lipinski definition) is 2. The van der Waals surface area contributed by atoms with Crippen LogP contribution in [0.25, 0.3) is 0 Å². The first-order valence-electron chi connectivity index (χ1n) is 5.80. The molecule has 106 valence electrons. The molecule has 0 radical (unpaired) electrons. The van der Waals surface area contributed by atoms with Gasteiger partial charge in [0.05, 0.1) is 11.8 Å². The second-order valence-corrected chi connectivity index (χ2v) is 4.17. The predicted molar refractivity (Wildman–Crippen MR) is 66.2 cm³/mol. The fourth-order valence-electron chi connectivity index (χ4n) is 1.75. The molecule has 20 heavy (non-hydrogen) atoms. The molecule has 2 N–H and O–H groups in total. The summed E-state index contributed by atoms with van der Waals surface area (Å²) in [6.07, 6.45) is -1.28. The Hall–Kier alpha value is -2.08. The molecule has 0 saturated carbocycles. The Morgan fingerprint density at radius 2 is 1.70 bits per heavy atom. The molecule has 2 aromatic carbocycles. The molecule has 0 heterocycles. The zero-order chi connectivity index (χ0) is 14.7. The zero-order valence-electron chi connectivity index (χ0n) is 10.2. The molecule has 0 aliphatic rings. The molecule has 0 saturated heterocycles. The number of anilines is 1. The van der Waals surface area contributed by atoms with E-state index in [0.717, 1.165) is 6.07 Å². The van der Waals surface area contributed by atoms with Gasteiger partial charge in [-0.3, -0.25) is 0 Å². The monoisotopic (exact) mass is 285 g/mol. The molecule has 2 nitrogen and oxygen atoms in total. The third-order valence-electron chi connectivity index (χ3n) is 2.74. The number of aliphatic hydroxyl groups is 1. The lowest BCUT2D eigenvalue weighted by molar-refractivity contribution is 0.186. The third-order valence-corrected chi connectivity index (χ3v) is 2.74. The van der Waals surface area contributed by atoms with Crippen molar-refractivity contribution in [2.75, 3.05) is 11.9 Å². The van der Waals surface area contributed by atoms with Crippen LogP contribution in [-0.4, -0.2) is 11.7 Å². The first-order valence-corrected chi connectivity index (χ1v) is 5.80. The molecule has 0 bridgehead atoms. The molecular weight excluding hydrogens is 274 g/mol. The zero-order valence-corrected chi connectivity index (χ0v) is 10.2. The van der Waals surface area contributed by atoms with Crippen LogP contribution in [-0.2, 0) is 0 Å². The van der Waals surface area contributed by atoms with E-state index in [-0.39, 0.29) is 12.1 Å². The summed E-state index contributed by atoms with van der Waals surface area (Å²) >= 11 is 0. The molecule has 0 amide bonds. The average Bonchev–Trinajstić information content (AvgIpc) is 2.41. The smallest absolute Gasteiger partial charge is 0.182 e. The molecule has 0 aliphatic carbocycles. The van der Waals surface area contributed by atoms with E-state index in [2.05, 4.69) is 5.32 Å². The lowest BCUT2D eigenvalue weighted by Crippen LogP contribution is -2.14. The Kier molecular flexibility index (Phi) is 4.24. The topological polar surface area (TPSA) is 32.3 Å². The molecule has 2 rings (SSSR count). The fraction of sp³-hybridized carbons (Fsp3) is 0.143. The summed E-state index contributed by atoms with van der Waals surface area (Å²) in [5.74, 6) is -4.17. The first kappa shape index (κ1) is 14.3. The molecule has 1 atom stereocenters. The molecule has 0 fully saturated rings. The lowest BCUT2D eigenvalue weighted by atomic mass is 10.1. The van der Waals surface area contributed by atoms with Gasteiger partial charge in [0.1, 0.15) is 11.6 Å². The van der Waals surface area contributed by atoms with Crippen molar-refractivity contribution in [1.29, 1.82) is 0 Å². The van der Waals surface area contributed by atoms with Gasteiger partial charge < -0.3 is 10.4 Å². The Bertz CT molecular complexity index is 618. The predicted octanol–water partition coefficient (Wildman–Crippen LogP) is 3.39. The van der Waals surface area contributed by atoms with Gasteiger partial charge in [-0.15, -0.1) is 0 Å². The van der Waals surface area contributed by atoms with Gasteiger partial charge in [0.25, 0.3) is 0 Å². The van der Waals surface area contributed by atoms with Crippen molar-refractivity contribution in [2.24, 2.45) is 0 Å². The fourth-order valence-corrected chi connectivity index (χ4v) is 1.75. The summed E-state index contributed by atoms with van der Waals surface area (Å²) in [4.78, 5) is 0. The normalized spacial score (nSPS) is 12.2. The van der Waals surface area contributed by atoms with E-state index in [4.69, 9.17) is 0 Å². The minimum Gasteiger partial charge on any atom is -0.386 e. The highest BCUT2D eigenvalue weighted by atomic mass is 19.2. The molecule has 0 spiro atoms. The third kappa shape index (κ3) is 3.08. The SMILES string of the molecule is OC(CNc1cc(F)cc(F)c1F)c1ccccc1F. The van der Waals surface area contributed by atoms with Gasteiger partial charge in [-0.1, -0.05) is 18.2 Å². The van der Waals surface area contributed by atoms with Gasteiger partial charge in [-0.25, -0.2) is 17.6 Å². The number of hydrogen-bond acceptors (Lipinski definition) is 2. The quantitative estimate of drug-likeness (QED) is 0.666. The maximum absolute atomic E-state index is 13.4. The highest BCUT2D eigenvalue weighted by molar-refractivity contribution is 5.45. The van der Waals surface area contributed by atoms with Gasteiger partial charge in [0.15, 0.2) is 11.6 Å². The first-order chi connectivity index (χ1) is 9.49. The Morgan fingerprint density at radius 3 is 2.40 bits per heavy atom. The van der Waals surface area contributed by atoms with E-state index in [1.165, 1.54) is 24.3 Å². The number of nitrogens with one attached hydrogen (secondary N) is 1. The summed E-state index contributed by atoms with van der Waals surface area (Å²) in [5.41, 5.74) is -0.421. The number of halogens is 4. The molecule has 2 aromatic rings. The Balaban J connectivity index is 2.11. The lowest BCUT2D eigenvalue weighted by Gasteiger charge is -2.14. The van der Waals surface area contributed by atoms with Crippen molar-refractivity contribution in [2.45, 2.75) is 6.10 Å². The molecule has 0 aliphatic heterocycles. The minimum atomic E-state index is -1.34. The van der Waals surface area contributed by atoms with E-state index in [0.29, 0.717) is 6.07 Å². The van der Waals surface area contributed by atoms with Crippen molar-refractivity contribution >= 4 is 5.69 Å². The summed E-state index contributed by atoms with van der Waals surface area (Å²) < 4.78 is 52.7. The number of benzene rings is 2. The van der Waals surface area contributed by atoms with Crippen molar-refractivity contribution in [3.63, 3.8) is 0 Å². The molecule has 6 heteroatoms. The van der Waals surface area contributed by atoms with Crippen LogP contribution in [0.1, 0.15) is 11.7 Å². The van der Waals surface area contributed by atoms with Crippen LogP contribution in [0, 0.1) is 23.3 Å². The maximum atomic E-state index is 13.4. The Morgan fingerprint density at radius 1 is 1.00 bits per heavy atom. The highest BCUT2D eigenvalue weighted by Crippen LogP contribution is 2.21. The molecule has 1 unspecified atom stereocenters. The summed E-state index contributed by atoms with van der Waals surface area (Å²) in [5, 5.41) is 12.1. The van der Waals surface area contributed by atoms with Crippen LogP contribution in [0.3, 0.4) is 0 Å². The van der Waals surface area contributed by atoms with Gasteiger partial charge in [-0.2, -0.15) is 0 Å². The molecule has 0 aromatic heterocycles. The van der Waals surface area contributed by atoms with Crippen LogP contribution in [0.15, 0.2) is 36.4 Å². The van der Waals surface area contributed by atoms with Gasteiger partial charge in [0, 0.05) is 24.2 Å². The van der Waals surface area contributed by atoms with Crippen molar-refractivity contribution < 1.29 is 22.7 Å². The highest BCUT2D eigenvalue weighted by Gasteiger charge is 2.15. The van der Waals surface area contributed by atoms with Crippen LogP contribution in [0.5, 0.6) is 0 Å². The second kappa shape index (κ2) is 5.92. The van der Waals surface area contributed by atoms with Crippen LogP contribution >= 0.6 is 0 Å². The largest absolute Gasteiger partial charge is 0.386 e. The van der Waals surface area contributed by atoms with E-state index in [1.807, 2.05) is 0 Å². The maximum Gasteiger partial charge on any atom is 0.182 e. The summed E-state index contributed by atoms with van der Waals surface area (Å²) in [6, 6.07) is 6.69.